The van der Waals surface area contributed by atoms with Crippen molar-refractivity contribution in [2.45, 2.75) is 50.6 Å². The highest BCUT2D eigenvalue weighted by Crippen LogP contribution is 2.30. The molecule has 0 aromatic carbocycles. The average Bonchev–Trinajstić information content (AvgIpc) is 2.23. The van der Waals surface area contributed by atoms with Crippen LogP contribution in [-0.4, -0.2) is 11.0 Å². The van der Waals surface area contributed by atoms with Gasteiger partial charge in [-0.15, -0.1) is 0 Å². The molecule has 0 saturated heterocycles. The van der Waals surface area contributed by atoms with Crippen molar-refractivity contribution in [3.63, 3.8) is 0 Å². The topological polar surface area (TPSA) is 44.9 Å². The van der Waals surface area contributed by atoms with Gasteiger partial charge in [0.2, 0.25) is 5.56 Å². The third-order valence-corrected chi connectivity index (χ3v) is 3.87. The average molecular weight is 218 g/mol. The van der Waals surface area contributed by atoms with E-state index in [0.717, 1.165) is 12.1 Å². The lowest BCUT2D eigenvalue weighted by Gasteiger charge is -2.34. The zero-order chi connectivity index (χ0) is 11.0. The van der Waals surface area contributed by atoms with Gasteiger partial charge < -0.3 is 10.3 Å². The van der Waals surface area contributed by atoms with Crippen LogP contribution >= 0.6 is 0 Å². The van der Waals surface area contributed by atoms with Gasteiger partial charge in [-0.2, -0.15) is 0 Å². The minimum absolute atomic E-state index is 0.0306. The van der Waals surface area contributed by atoms with E-state index in [9.17, 15) is 4.79 Å². The second-order valence-corrected chi connectivity index (χ2v) is 5.00. The predicted octanol–water partition coefficient (Wildman–Crippen LogP) is 1.89. The molecule has 3 heteroatoms. The Morgan fingerprint density at radius 1 is 1.19 bits per heavy atom. The lowest BCUT2D eigenvalue weighted by Crippen LogP contribution is -2.39. The fraction of sp³-hybridized carbons (Fsp3) is 0.615. The molecule has 1 aromatic rings. The molecule has 0 bridgehead atoms. The zero-order valence-corrected chi connectivity index (χ0v) is 9.46. The predicted molar refractivity (Wildman–Crippen MR) is 63.5 cm³/mol. The standard InChI is InChI=1S/C13H18N2O/c16-13-8-7-10-11(14-9-3-1-4-9)5-2-6-12(10)15-13/h7-9,11,14H,1-6H2,(H,15,16). The summed E-state index contributed by atoms with van der Waals surface area (Å²) in [6.07, 6.45) is 7.40. The van der Waals surface area contributed by atoms with Crippen LogP contribution in [0.3, 0.4) is 0 Å². The molecule has 0 aliphatic heterocycles. The molecule has 1 fully saturated rings. The Balaban J connectivity index is 1.84. The van der Waals surface area contributed by atoms with Crippen LogP contribution in [-0.2, 0) is 6.42 Å². The molecule has 2 aliphatic carbocycles. The quantitative estimate of drug-likeness (QED) is 0.796. The van der Waals surface area contributed by atoms with Crippen molar-refractivity contribution < 1.29 is 0 Å². The lowest BCUT2D eigenvalue weighted by atomic mass is 9.87. The number of aryl methyl sites for hydroxylation is 1. The summed E-state index contributed by atoms with van der Waals surface area (Å²) >= 11 is 0. The number of hydrogen-bond acceptors (Lipinski definition) is 2. The maximum atomic E-state index is 11.3. The van der Waals surface area contributed by atoms with Gasteiger partial charge in [0, 0.05) is 23.8 Å². The van der Waals surface area contributed by atoms with Crippen molar-refractivity contribution in [2.24, 2.45) is 0 Å². The fourth-order valence-corrected chi connectivity index (χ4v) is 2.73. The molecule has 1 heterocycles. The minimum Gasteiger partial charge on any atom is -0.326 e. The van der Waals surface area contributed by atoms with Crippen LogP contribution in [0.1, 0.15) is 49.4 Å². The first-order valence-corrected chi connectivity index (χ1v) is 6.31. The maximum absolute atomic E-state index is 11.3. The van der Waals surface area contributed by atoms with Crippen LogP contribution < -0.4 is 10.9 Å². The van der Waals surface area contributed by atoms with E-state index in [4.69, 9.17) is 0 Å². The molecule has 1 aromatic heterocycles. The number of H-pyrrole nitrogens is 1. The van der Waals surface area contributed by atoms with Gasteiger partial charge in [0.15, 0.2) is 0 Å². The number of fused-ring (bicyclic) bond motifs is 1. The number of pyridine rings is 1. The molecule has 0 amide bonds. The fourth-order valence-electron chi connectivity index (χ4n) is 2.73. The van der Waals surface area contributed by atoms with Crippen molar-refractivity contribution >= 4 is 0 Å². The van der Waals surface area contributed by atoms with Gasteiger partial charge >= 0.3 is 0 Å². The maximum Gasteiger partial charge on any atom is 0.248 e. The molecule has 0 spiro atoms. The van der Waals surface area contributed by atoms with E-state index < -0.39 is 0 Å². The molecule has 1 atom stereocenters. The highest BCUT2D eigenvalue weighted by Gasteiger charge is 2.25. The molecule has 2 N–H and O–H groups in total. The zero-order valence-electron chi connectivity index (χ0n) is 9.46. The van der Waals surface area contributed by atoms with Gasteiger partial charge in [-0.1, -0.05) is 12.5 Å². The Kier molecular flexibility index (Phi) is 2.56. The van der Waals surface area contributed by atoms with E-state index in [-0.39, 0.29) is 5.56 Å². The minimum atomic E-state index is 0.0306. The Labute approximate surface area is 95.3 Å². The first-order chi connectivity index (χ1) is 7.83. The highest BCUT2D eigenvalue weighted by molar-refractivity contribution is 5.26. The van der Waals surface area contributed by atoms with Crippen molar-refractivity contribution in [1.82, 2.24) is 10.3 Å². The van der Waals surface area contributed by atoms with Gasteiger partial charge in [-0.3, -0.25) is 4.79 Å². The summed E-state index contributed by atoms with van der Waals surface area (Å²) in [7, 11) is 0. The molecule has 1 unspecified atom stereocenters. The summed E-state index contributed by atoms with van der Waals surface area (Å²) in [5.74, 6) is 0. The van der Waals surface area contributed by atoms with Gasteiger partial charge in [-0.05, 0) is 37.7 Å². The second-order valence-electron chi connectivity index (χ2n) is 5.00. The molecule has 2 aliphatic rings. The van der Waals surface area contributed by atoms with Gasteiger partial charge in [0.25, 0.3) is 0 Å². The monoisotopic (exact) mass is 218 g/mol. The third kappa shape index (κ3) is 1.80. The molecule has 86 valence electrons. The van der Waals surface area contributed by atoms with Crippen LogP contribution in [0.15, 0.2) is 16.9 Å². The van der Waals surface area contributed by atoms with Crippen LogP contribution in [0.4, 0.5) is 0 Å². The van der Waals surface area contributed by atoms with E-state index in [0.29, 0.717) is 12.1 Å². The van der Waals surface area contributed by atoms with Crippen LogP contribution in [0, 0.1) is 0 Å². The number of hydrogen-bond donors (Lipinski definition) is 2. The Morgan fingerprint density at radius 3 is 2.81 bits per heavy atom. The second kappa shape index (κ2) is 4.06. The van der Waals surface area contributed by atoms with Gasteiger partial charge in [0.05, 0.1) is 0 Å². The normalized spacial score (nSPS) is 24.9. The number of aromatic amines is 1. The molecular formula is C13H18N2O. The summed E-state index contributed by atoms with van der Waals surface area (Å²) in [4.78, 5) is 14.2. The van der Waals surface area contributed by atoms with Gasteiger partial charge in [0.1, 0.15) is 0 Å². The van der Waals surface area contributed by atoms with Crippen molar-refractivity contribution in [1.29, 1.82) is 0 Å². The van der Waals surface area contributed by atoms with E-state index in [2.05, 4.69) is 10.3 Å². The molecule has 1 saturated carbocycles. The smallest absolute Gasteiger partial charge is 0.248 e. The Morgan fingerprint density at radius 2 is 2.06 bits per heavy atom. The van der Waals surface area contributed by atoms with E-state index in [1.807, 2.05) is 6.07 Å². The lowest BCUT2D eigenvalue weighted by molar-refractivity contribution is 0.289. The summed E-state index contributed by atoms with van der Waals surface area (Å²) in [6.45, 7) is 0. The SMILES string of the molecule is O=c1ccc2c([nH]1)CCCC2NC1CCC1. The number of rotatable bonds is 2. The van der Waals surface area contributed by atoms with E-state index in [1.54, 1.807) is 6.07 Å². The van der Waals surface area contributed by atoms with Crippen molar-refractivity contribution in [3.8, 4) is 0 Å². The Bertz CT molecular complexity index is 434. The van der Waals surface area contributed by atoms with Gasteiger partial charge in [-0.25, -0.2) is 0 Å². The highest BCUT2D eigenvalue weighted by atomic mass is 16.1. The van der Waals surface area contributed by atoms with Crippen LogP contribution in [0.25, 0.3) is 0 Å². The van der Waals surface area contributed by atoms with Crippen LogP contribution in [0.2, 0.25) is 0 Å². The molecular weight excluding hydrogens is 200 g/mol. The van der Waals surface area contributed by atoms with Crippen molar-refractivity contribution in [2.75, 3.05) is 0 Å². The largest absolute Gasteiger partial charge is 0.326 e. The molecule has 3 nitrogen and oxygen atoms in total. The first-order valence-electron chi connectivity index (χ1n) is 6.31. The van der Waals surface area contributed by atoms with E-state index >= 15 is 0 Å². The molecule has 3 rings (SSSR count). The number of nitrogens with one attached hydrogen (secondary N) is 2. The molecule has 0 radical (unpaired) electrons. The van der Waals surface area contributed by atoms with Crippen LogP contribution in [0.5, 0.6) is 0 Å². The first kappa shape index (κ1) is 10.1. The summed E-state index contributed by atoms with van der Waals surface area (Å²) in [5.41, 5.74) is 2.50. The summed E-state index contributed by atoms with van der Waals surface area (Å²) in [6, 6.07) is 4.83. The number of aromatic nitrogens is 1. The Hall–Kier alpha value is -1.09. The molecule has 16 heavy (non-hydrogen) atoms. The summed E-state index contributed by atoms with van der Waals surface area (Å²) in [5, 5.41) is 3.71. The van der Waals surface area contributed by atoms with Crippen molar-refractivity contribution in [3.05, 3.63) is 33.7 Å². The third-order valence-electron chi connectivity index (χ3n) is 3.87. The summed E-state index contributed by atoms with van der Waals surface area (Å²) < 4.78 is 0. The van der Waals surface area contributed by atoms with E-state index in [1.165, 1.54) is 37.7 Å².